The third kappa shape index (κ3) is 5.95. The van der Waals surface area contributed by atoms with E-state index >= 15 is 0 Å². The van der Waals surface area contributed by atoms with Crippen LogP contribution in [0.1, 0.15) is 26.2 Å². The minimum Gasteiger partial charge on any atom is -0.481 e. The van der Waals surface area contributed by atoms with E-state index in [1.807, 2.05) is 6.92 Å². The number of carbonyl (C=O) groups excluding carboxylic acids is 1. The van der Waals surface area contributed by atoms with Crippen LogP contribution in [0, 0.1) is 0 Å². The molecule has 0 saturated heterocycles. The van der Waals surface area contributed by atoms with Gasteiger partial charge in [0.1, 0.15) is 0 Å². The molecule has 0 aliphatic carbocycles. The lowest BCUT2D eigenvalue weighted by Crippen LogP contribution is -2.41. The van der Waals surface area contributed by atoms with Crippen LogP contribution in [0.4, 0.5) is 4.79 Å². The number of nitrogens with one attached hydrogen (secondary N) is 2. The molecule has 0 radical (unpaired) electrons. The smallest absolute Gasteiger partial charge is 0.314 e. The maximum absolute atomic E-state index is 10.9. The van der Waals surface area contributed by atoms with Crippen LogP contribution in [0.5, 0.6) is 0 Å². The Bertz CT molecular complexity index is 182. The third-order valence-corrected chi connectivity index (χ3v) is 1.62. The average molecular weight is 188 g/mol. The molecule has 0 bridgehead atoms. The molecule has 0 spiro atoms. The molecule has 1 atom stereocenters. The van der Waals surface area contributed by atoms with E-state index in [9.17, 15) is 9.59 Å². The van der Waals surface area contributed by atoms with Crippen molar-refractivity contribution in [1.29, 1.82) is 0 Å². The Labute approximate surface area is 77.5 Å². The van der Waals surface area contributed by atoms with Crippen molar-refractivity contribution in [1.82, 2.24) is 10.6 Å². The van der Waals surface area contributed by atoms with Crippen molar-refractivity contribution < 1.29 is 14.7 Å². The quantitative estimate of drug-likeness (QED) is 0.589. The molecule has 0 aliphatic rings. The lowest BCUT2D eigenvalue weighted by Gasteiger charge is -2.15. The van der Waals surface area contributed by atoms with Gasteiger partial charge in [0.2, 0.25) is 0 Å². The summed E-state index contributed by atoms with van der Waals surface area (Å²) in [4.78, 5) is 21.2. The molecule has 0 aromatic carbocycles. The van der Waals surface area contributed by atoms with E-state index in [1.54, 1.807) is 0 Å². The summed E-state index contributed by atoms with van der Waals surface area (Å²) in [5, 5.41) is 13.5. The van der Waals surface area contributed by atoms with Crippen molar-refractivity contribution in [3.63, 3.8) is 0 Å². The molecule has 0 fully saturated rings. The standard InChI is InChI=1S/C8H16N2O3/c1-3-4-6(5-7(11)12)10-8(13)9-2/h6H,3-5H2,1-2H3,(H,11,12)(H2,9,10,13). The zero-order valence-corrected chi connectivity index (χ0v) is 7.96. The molecular weight excluding hydrogens is 172 g/mol. The van der Waals surface area contributed by atoms with Gasteiger partial charge in [-0.05, 0) is 6.42 Å². The van der Waals surface area contributed by atoms with Gasteiger partial charge in [-0.2, -0.15) is 0 Å². The highest BCUT2D eigenvalue weighted by molar-refractivity contribution is 5.75. The summed E-state index contributed by atoms with van der Waals surface area (Å²) in [6.07, 6.45) is 1.50. The lowest BCUT2D eigenvalue weighted by atomic mass is 10.1. The van der Waals surface area contributed by atoms with Crippen molar-refractivity contribution >= 4 is 12.0 Å². The molecule has 0 aliphatic heterocycles. The van der Waals surface area contributed by atoms with Gasteiger partial charge in [0.15, 0.2) is 0 Å². The molecular formula is C8H16N2O3. The Morgan fingerprint density at radius 1 is 1.46 bits per heavy atom. The van der Waals surface area contributed by atoms with Crippen LogP contribution in [0.3, 0.4) is 0 Å². The second-order valence-corrected chi connectivity index (χ2v) is 2.81. The first kappa shape index (κ1) is 11.7. The highest BCUT2D eigenvalue weighted by Crippen LogP contribution is 2.01. The van der Waals surface area contributed by atoms with Gasteiger partial charge in [-0.25, -0.2) is 4.79 Å². The Kier molecular flexibility index (Phi) is 5.67. The van der Waals surface area contributed by atoms with Crippen LogP contribution in [0.25, 0.3) is 0 Å². The fraction of sp³-hybridized carbons (Fsp3) is 0.750. The number of hydrogen-bond acceptors (Lipinski definition) is 2. The second-order valence-electron chi connectivity index (χ2n) is 2.81. The monoisotopic (exact) mass is 188 g/mol. The largest absolute Gasteiger partial charge is 0.481 e. The summed E-state index contributed by atoms with van der Waals surface area (Å²) in [5.74, 6) is -0.894. The van der Waals surface area contributed by atoms with Crippen LogP contribution in [-0.2, 0) is 4.79 Å². The lowest BCUT2D eigenvalue weighted by molar-refractivity contribution is -0.137. The topological polar surface area (TPSA) is 78.4 Å². The van der Waals surface area contributed by atoms with Crippen molar-refractivity contribution in [2.24, 2.45) is 0 Å². The zero-order valence-electron chi connectivity index (χ0n) is 7.96. The fourth-order valence-electron chi connectivity index (χ4n) is 1.04. The first-order chi connectivity index (χ1) is 6.10. The number of carbonyl (C=O) groups is 2. The van der Waals surface area contributed by atoms with Crippen molar-refractivity contribution in [2.45, 2.75) is 32.2 Å². The second kappa shape index (κ2) is 6.28. The SMILES string of the molecule is CCCC(CC(=O)O)NC(=O)NC. The van der Waals surface area contributed by atoms with Crippen LogP contribution < -0.4 is 10.6 Å². The van der Waals surface area contributed by atoms with Gasteiger partial charge in [0, 0.05) is 13.1 Å². The summed E-state index contributed by atoms with van der Waals surface area (Å²) in [6, 6.07) is -0.609. The molecule has 0 heterocycles. The average Bonchev–Trinajstić information content (AvgIpc) is 2.03. The molecule has 1 unspecified atom stereocenters. The van der Waals surface area contributed by atoms with Crippen molar-refractivity contribution in [3.05, 3.63) is 0 Å². The molecule has 5 nitrogen and oxygen atoms in total. The molecule has 0 rings (SSSR count). The van der Waals surface area contributed by atoms with Gasteiger partial charge < -0.3 is 15.7 Å². The number of amides is 2. The van der Waals surface area contributed by atoms with Crippen LogP contribution in [0.15, 0.2) is 0 Å². The third-order valence-electron chi connectivity index (χ3n) is 1.62. The van der Waals surface area contributed by atoms with E-state index in [4.69, 9.17) is 5.11 Å². The molecule has 13 heavy (non-hydrogen) atoms. The van der Waals surface area contributed by atoms with Gasteiger partial charge in [-0.15, -0.1) is 0 Å². The van der Waals surface area contributed by atoms with E-state index < -0.39 is 5.97 Å². The van der Waals surface area contributed by atoms with E-state index in [-0.39, 0.29) is 18.5 Å². The van der Waals surface area contributed by atoms with Crippen LogP contribution in [0.2, 0.25) is 0 Å². The summed E-state index contributed by atoms with van der Waals surface area (Å²) >= 11 is 0. The van der Waals surface area contributed by atoms with E-state index in [0.29, 0.717) is 6.42 Å². The maximum Gasteiger partial charge on any atom is 0.314 e. The predicted octanol–water partition coefficient (Wildman–Crippen LogP) is 0.559. The Hall–Kier alpha value is -1.26. The fourth-order valence-corrected chi connectivity index (χ4v) is 1.04. The Morgan fingerprint density at radius 2 is 2.08 bits per heavy atom. The highest BCUT2D eigenvalue weighted by Gasteiger charge is 2.13. The minimum atomic E-state index is -0.894. The van der Waals surface area contributed by atoms with E-state index in [1.165, 1.54) is 7.05 Å². The predicted molar refractivity (Wildman–Crippen MR) is 48.5 cm³/mol. The molecule has 0 saturated carbocycles. The van der Waals surface area contributed by atoms with Crippen LogP contribution in [-0.4, -0.2) is 30.2 Å². The Balaban J connectivity index is 3.93. The molecule has 0 aromatic rings. The van der Waals surface area contributed by atoms with Crippen molar-refractivity contribution in [2.75, 3.05) is 7.05 Å². The normalized spacial score (nSPS) is 11.8. The van der Waals surface area contributed by atoms with E-state index in [0.717, 1.165) is 6.42 Å². The molecule has 3 N–H and O–H groups in total. The number of urea groups is 1. The first-order valence-electron chi connectivity index (χ1n) is 4.30. The summed E-state index contributed by atoms with van der Waals surface area (Å²) < 4.78 is 0. The van der Waals surface area contributed by atoms with E-state index in [2.05, 4.69) is 10.6 Å². The van der Waals surface area contributed by atoms with Gasteiger partial charge in [0.05, 0.1) is 6.42 Å². The number of rotatable bonds is 5. The molecule has 5 heteroatoms. The number of aliphatic carboxylic acids is 1. The van der Waals surface area contributed by atoms with Gasteiger partial charge >= 0.3 is 12.0 Å². The first-order valence-corrected chi connectivity index (χ1v) is 4.30. The number of carboxylic acid groups (broad SMARTS) is 1. The Morgan fingerprint density at radius 3 is 2.46 bits per heavy atom. The maximum atomic E-state index is 10.9. The van der Waals surface area contributed by atoms with Crippen LogP contribution >= 0.6 is 0 Å². The number of carboxylic acids is 1. The van der Waals surface area contributed by atoms with Crippen molar-refractivity contribution in [3.8, 4) is 0 Å². The minimum absolute atomic E-state index is 0.0265. The highest BCUT2D eigenvalue weighted by atomic mass is 16.4. The van der Waals surface area contributed by atoms with Gasteiger partial charge in [-0.3, -0.25) is 4.79 Å². The zero-order chi connectivity index (χ0) is 10.3. The number of hydrogen-bond donors (Lipinski definition) is 3. The van der Waals surface area contributed by atoms with Gasteiger partial charge in [-0.1, -0.05) is 13.3 Å². The molecule has 2 amide bonds. The summed E-state index contributed by atoms with van der Waals surface area (Å²) in [6.45, 7) is 1.94. The summed E-state index contributed by atoms with van der Waals surface area (Å²) in [7, 11) is 1.50. The summed E-state index contributed by atoms with van der Waals surface area (Å²) in [5.41, 5.74) is 0. The van der Waals surface area contributed by atoms with Gasteiger partial charge in [0.25, 0.3) is 0 Å². The molecule has 76 valence electrons. The molecule has 0 aromatic heterocycles.